The lowest BCUT2D eigenvalue weighted by molar-refractivity contribution is 0.170. The molecule has 0 spiro atoms. The van der Waals surface area contributed by atoms with E-state index in [0.717, 1.165) is 34.9 Å². The van der Waals surface area contributed by atoms with Crippen LogP contribution in [0.3, 0.4) is 0 Å². The Kier molecular flexibility index (Phi) is 3.34. The first kappa shape index (κ1) is 10.6. The van der Waals surface area contributed by atoms with Crippen molar-refractivity contribution in [2.75, 3.05) is 19.8 Å². The maximum absolute atomic E-state index is 6.12. The lowest BCUT2D eigenvalue weighted by Crippen LogP contribution is -2.17. The SMILES string of the molecule is NCCCc1c(Cl)ccc2c1OCCO2. The summed E-state index contributed by atoms with van der Waals surface area (Å²) in [5, 5.41) is 0.729. The monoisotopic (exact) mass is 227 g/mol. The van der Waals surface area contributed by atoms with Gasteiger partial charge in [0, 0.05) is 10.6 Å². The zero-order valence-electron chi connectivity index (χ0n) is 8.46. The Balaban J connectivity index is 2.32. The standard InChI is InChI=1S/C11H14ClNO2/c12-9-3-4-10-11(15-7-6-14-10)8(9)2-1-5-13/h3-4H,1-2,5-7,13H2. The number of nitrogens with two attached hydrogens (primary N) is 1. The highest BCUT2D eigenvalue weighted by atomic mass is 35.5. The van der Waals surface area contributed by atoms with Crippen LogP contribution in [-0.2, 0) is 6.42 Å². The highest BCUT2D eigenvalue weighted by molar-refractivity contribution is 6.31. The maximum atomic E-state index is 6.12. The smallest absolute Gasteiger partial charge is 0.166 e. The lowest BCUT2D eigenvalue weighted by atomic mass is 10.1. The third-order valence-corrected chi connectivity index (χ3v) is 2.74. The summed E-state index contributed by atoms with van der Waals surface area (Å²) in [6.45, 7) is 1.84. The quantitative estimate of drug-likeness (QED) is 0.859. The second kappa shape index (κ2) is 4.73. The van der Waals surface area contributed by atoms with E-state index in [1.54, 1.807) is 0 Å². The molecule has 82 valence electrons. The summed E-state index contributed by atoms with van der Waals surface area (Å²) in [4.78, 5) is 0. The second-order valence-corrected chi connectivity index (χ2v) is 3.85. The molecule has 1 aromatic rings. The minimum atomic E-state index is 0.586. The van der Waals surface area contributed by atoms with Gasteiger partial charge in [0.25, 0.3) is 0 Å². The minimum absolute atomic E-state index is 0.586. The van der Waals surface area contributed by atoms with Gasteiger partial charge < -0.3 is 15.2 Å². The van der Waals surface area contributed by atoms with E-state index in [1.165, 1.54) is 0 Å². The molecule has 15 heavy (non-hydrogen) atoms. The summed E-state index contributed by atoms with van der Waals surface area (Å²) in [6, 6.07) is 3.70. The van der Waals surface area contributed by atoms with Crippen LogP contribution in [0.2, 0.25) is 5.02 Å². The molecule has 0 saturated heterocycles. The Hall–Kier alpha value is -0.930. The molecule has 0 bridgehead atoms. The van der Waals surface area contributed by atoms with Gasteiger partial charge in [-0.25, -0.2) is 0 Å². The predicted octanol–water partition coefficient (Wildman–Crippen LogP) is 2.00. The molecule has 0 aliphatic carbocycles. The van der Waals surface area contributed by atoms with Crippen molar-refractivity contribution < 1.29 is 9.47 Å². The van der Waals surface area contributed by atoms with E-state index in [-0.39, 0.29) is 0 Å². The summed E-state index contributed by atoms with van der Waals surface area (Å²) in [5.74, 6) is 1.58. The van der Waals surface area contributed by atoms with E-state index in [1.807, 2.05) is 12.1 Å². The van der Waals surface area contributed by atoms with Gasteiger partial charge in [0.05, 0.1) is 0 Å². The van der Waals surface area contributed by atoms with E-state index in [4.69, 9.17) is 26.8 Å². The fourth-order valence-electron chi connectivity index (χ4n) is 1.66. The molecule has 0 atom stereocenters. The summed E-state index contributed by atoms with van der Waals surface area (Å²) in [6.07, 6.45) is 1.74. The van der Waals surface area contributed by atoms with Crippen molar-refractivity contribution in [3.8, 4) is 11.5 Å². The number of halogens is 1. The predicted molar refractivity (Wildman–Crippen MR) is 59.8 cm³/mol. The van der Waals surface area contributed by atoms with Crippen LogP contribution >= 0.6 is 11.6 Å². The minimum Gasteiger partial charge on any atom is -0.486 e. The number of benzene rings is 1. The van der Waals surface area contributed by atoms with Crippen molar-refractivity contribution in [3.63, 3.8) is 0 Å². The van der Waals surface area contributed by atoms with Gasteiger partial charge in [-0.2, -0.15) is 0 Å². The van der Waals surface area contributed by atoms with Crippen LogP contribution in [0.15, 0.2) is 12.1 Å². The third kappa shape index (κ3) is 2.19. The molecule has 2 N–H and O–H groups in total. The Bertz CT molecular complexity index is 355. The Morgan fingerprint density at radius 1 is 1.27 bits per heavy atom. The van der Waals surface area contributed by atoms with Crippen LogP contribution in [0.1, 0.15) is 12.0 Å². The third-order valence-electron chi connectivity index (χ3n) is 2.39. The molecule has 1 aliphatic rings. The van der Waals surface area contributed by atoms with Crippen molar-refractivity contribution in [2.24, 2.45) is 5.73 Å². The van der Waals surface area contributed by atoms with Crippen molar-refractivity contribution in [1.29, 1.82) is 0 Å². The van der Waals surface area contributed by atoms with Gasteiger partial charge in [-0.3, -0.25) is 0 Å². The average Bonchev–Trinajstić information content (AvgIpc) is 2.28. The van der Waals surface area contributed by atoms with Gasteiger partial charge in [-0.15, -0.1) is 0 Å². The summed E-state index contributed by atoms with van der Waals surface area (Å²) in [7, 11) is 0. The zero-order valence-corrected chi connectivity index (χ0v) is 9.22. The molecular formula is C11H14ClNO2. The van der Waals surface area contributed by atoms with Crippen LogP contribution in [0.25, 0.3) is 0 Å². The first-order valence-electron chi connectivity index (χ1n) is 5.10. The fraction of sp³-hybridized carbons (Fsp3) is 0.455. The van der Waals surface area contributed by atoms with Gasteiger partial charge in [0.15, 0.2) is 11.5 Å². The van der Waals surface area contributed by atoms with Crippen molar-refractivity contribution in [2.45, 2.75) is 12.8 Å². The molecule has 2 rings (SSSR count). The molecule has 1 aromatic carbocycles. The normalized spacial score (nSPS) is 14.0. The molecule has 1 aliphatic heterocycles. The molecule has 0 unspecified atom stereocenters. The van der Waals surface area contributed by atoms with E-state index in [0.29, 0.717) is 19.8 Å². The topological polar surface area (TPSA) is 44.5 Å². The van der Waals surface area contributed by atoms with Gasteiger partial charge in [-0.1, -0.05) is 11.6 Å². The number of hydrogen-bond donors (Lipinski definition) is 1. The highest BCUT2D eigenvalue weighted by Gasteiger charge is 2.17. The van der Waals surface area contributed by atoms with Crippen LogP contribution in [0, 0.1) is 0 Å². The number of ether oxygens (including phenoxy) is 2. The molecule has 0 aromatic heterocycles. The molecule has 1 heterocycles. The van der Waals surface area contributed by atoms with Gasteiger partial charge in [0.1, 0.15) is 13.2 Å². The zero-order chi connectivity index (χ0) is 10.7. The first-order chi connectivity index (χ1) is 7.33. The van der Waals surface area contributed by atoms with Crippen LogP contribution in [0.5, 0.6) is 11.5 Å². The molecule has 0 saturated carbocycles. The summed E-state index contributed by atoms with van der Waals surface area (Å²) < 4.78 is 11.1. The lowest BCUT2D eigenvalue weighted by Gasteiger charge is -2.21. The number of fused-ring (bicyclic) bond motifs is 1. The van der Waals surface area contributed by atoms with E-state index in [2.05, 4.69) is 0 Å². The molecular weight excluding hydrogens is 214 g/mol. The molecule has 0 radical (unpaired) electrons. The van der Waals surface area contributed by atoms with Gasteiger partial charge in [0.2, 0.25) is 0 Å². The number of rotatable bonds is 3. The Morgan fingerprint density at radius 3 is 2.87 bits per heavy atom. The molecule has 0 amide bonds. The van der Waals surface area contributed by atoms with Crippen LogP contribution in [0.4, 0.5) is 0 Å². The van der Waals surface area contributed by atoms with Crippen molar-refractivity contribution in [1.82, 2.24) is 0 Å². The number of hydrogen-bond acceptors (Lipinski definition) is 3. The molecule has 0 fully saturated rings. The Labute approximate surface area is 94.1 Å². The van der Waals surface area contributed by atoms with E-state index < -0.39 is 0 Å². The molecule has 3 nitrogen and oxygen atoms in total. The van der Waals surface area contributed by atoms with E-state index in [9.17, 15) is 0 Å². The van der Waals surface area contributed by atoms with Crippen molar-refractivity contribution >= 4 is 11.6 Å². The summed E-state index contributed by atoms with van der Waals surface area (Å²) in [5.41, 5.74) is 6.50. The molecule has 4 heteroatoms. The summed E-state index contributed by atoms with van der Waals surface area (Å²) >= 11 is 6.12. The fourth-order valence-corrected chi connectivity index (χ4v) is 1.90. The Morgan fingerprint density at radius 2 is 2.07 bits per heavy atom. The van der Waals surface area contributed by atoms with E-state index >= 15 is 0 Å². The second-order valence-electron chi connectivity index (χ2n) is 3.44. The van der Waals surface area contributed by atoms with Gasteiger partial charge >= 0.3 is 0 Å². The van der Waals surface area contributed by atoms with Gasteiger partial charge in [-0.05, 0) is 31.5 Å². The average molecular weight is 228 g/mol. The maximum Gasteiger partial charge on any atom is 0.166 e. The first-order valence-corrected chi connectivity index (χ1v) is 5.48. The highest BCUT2D eigenvalue weighted by Crippen LogP contribution is 2.38. The van der Waals surface area contributed by atoms with Crippen molar-refractivity contribution in [3.05, 3.63) is 22.7 Å². The largest absolute Gasteiger partial charge is 0.486 e. The van der Waals surface area contributed by atoms with Crippen LogP contribution < -0.4 is 15.2 Å². The van der Waals surface area contributed by atoms with Crippen LogP contribution in [-0.4, -0.2) is 19.8 Å².